The summed E-state index contributed by atoms with van der Waals surface area (Å²) in [6, 6.07) is 11.1. The van der Waals surface area contributed by atoms with Gasteiger partial charge < -0.3 is 18.9 Å². The maximum Gasteiger partial charge on any atom is 0.274 e. The SMILES string of the molecule is CCN1C(=O)c2c(OCc3ccccc3)c(=O)ccn2C2COCC21. The zero-order valence-corrected chi connectivity index (χ0v) is 14.1. The lowest BCUT2D eigenvalue weighted by Gasteiger charge is -2.38. The number of pyridine rings is 1. The monoisotopic (exact) mass is 340 g/mol. The van der Waals surface area contributed by atoms with Crippen molar-refractivity contribution in [2.45, 2.75) is 25.6 Å². The molecule has 2 atom stereocenters. The molecule has 0 bridgehead atoms. The molecule has 2 unspecified atom stereocenters. The highest BCUT2D eigenvalue weighted by Gasteiger charge is 2.43. The molecule has 0 spiro atoms. The maximum atomic E-state index is 13.0. The minimum absolute atomic E-state index is 0.00877. The summed E-state index contributed by atoms with van der Waals surface area (Å²) in [5.74, 6) is -0.0461. The highest BCUT2D eigenvalue weighted by Crippen LogP contribution is 2.34. The molecule has 1 saturated heterocycles. The molecule has 25 heavy (non-hydrogen) atoms. The van der Waals surface area contributed by atoms with Crippen LogP contribution in [0.15, 0.2) is 47.4 Å². The molecular formula is C19H20N2O4. The summed E-state index contributed by atoms with van der Waals surface area (Å²) in [4.78, 5) is 27.2. The first-order valence-corrected chi connectivity index (χ1v) is 8.51. The number of likely N-dealkylation sites (N-methyl/N-ethyl adjacent to an activating group) is 1. The van der Waals surface area contributed by atoms with E-state index < -0.39 is 0 Å². The van der Waals surface area contributed by atoms with Crippen molar-refractivity contribution in [1.29, 1.82) is 0 Å². The number of ether oxygens (including phenoxy) is 2. The molecular weight excluding hydrogens is 320 g/mol. The highest BCUT2D eigenvalue weighted by atomic mass is 16.5. The average molecular weight is 340 g/mol. The van der Waals surface area contributed by atoms with E-state index in [0.29, 0.717) is 25.5 Å². The molecule has 1 aromatic carbocycles. The molecule has 2 aromatic rings. The van der Waals surface area contributed by atoms with Gasteiger partial charge in [0.1, 0.15) is 6.61 Å². The van der Waals surface area contributed by atoms with Crippen LogP contribution in [0.5, 0.6) is 5.75 Å². The van der Waals surface area contributed by atoms with Crippen molar-refractivity contribution in [2.75, 3.05) is 19.8 Å². The van der Waals surface area contributed by atoms with E-state index >= 15 is 0 Å². The van der Waals surface area contributed by atoms with Crippen LogP contribution >= 0.6 is 0 Å². The van der Waals surface area contributed by atoms with Gasteiger partial charge in [0.05, 0.1) is 25.3 Å². The van der Waals surface area contributed by atoms with Crippen LogP contribution < -0.4 is 10.2 Å². The van der Waals surface area contributed by atoms with E-state index in [1.54, 1.807) is 11.1 Å². The second kappa shape index (κ2) is 6.37. The van der Waals surface area contributed by atoms with Crippen LogP contribution in [-0.2, 0) is 11.3 Å². The van der Waals surface area contributed by atoms with E-state index in [0.717, 1.165) is 5.56 Å². The Hall–Kier alpha value is -2.60. The first kappa shape index (κ1) is 15.9. The number of nitrogens with zero attached hydrogens (tertiary/aromatic N) is 2. The van der Waals surface area contributed by atoms with Crippen molar-refractivity contribution in [3.8, 4) is 5.75 Å². The zero-order valence-electron chi connectivity index (χ0n) is 14.1. The second-order valence-corrected chi connectivity index (χ2v) is 6.30. The lowest BCUT2D eigenvalue weighted by atomic mass is 10.0. The lowest BCUT2D eigenvalue weighted by Crippen LogP contribution is -2.51. The number of carbonyl (C=O) groups is 1. The number of rotatable bonds is 4. The van der Waals surface area contributed by atoms with Gasteiger partial charge in [-0.15, -0.1) is 0 Å². The first-order valence-electron chi connectivity index (χ1n) is 8.51. The maximum absolute atomic E-state index is 13.0. The van der Waals surface area contributed by atoms with Crippen molar-refractivity contribution in [1.82, 2.24) is 9.47 Å². The normalized spacial score (nSPS) is 21.8. The Labute approximate surface area is 145 Å². The predicted molar refractivity (Wildman–Crippen MR) is 91.8 cm³/mol. The van der Waals surface area contributed by atoms with Crippen molar-refractivity contribution in [2.24, 2.45) is 0 Å². The molecule has 1 amide bonds. The third kappa shape index (κ3) is 2.62. The third-order valence-electron chi connectivity index (χ3n) is 4.89. The molecule has 6 nitrogen and oxygen atoms in total. The molecule has 2 aliphatic rings. The summed E-state index contributed by atoms with van der Waals surface area (Å²) in [5.41, 5.74) is 1.00. The molecule has 1 aromatic heterocycles. The van der Waals surface area contributed by atoms with E-state index in [4.69, 9.17) is 9.47 Å². The largest absolute Gasteiger partial charge is 0.483 e. The number of hydrogen-bond donors (Lipinski definition) is 0. The average Bonchev–Trinajstić information content (AvgIpc) is 3.11. The molecule has 130 valence electrons. The Bertz CT molecular complexity index is 846. The zero-order chi connectivity index (χ0) is 17.4. The number of amides is 1. The Kier molecular flexibility index (Phi) is 4.05. The van der Waals surface area contributed by atoms with E-state index in [1.807, 2.05) is 41.8 Å². The topological polar surface area (TPSA) is 60.8 Å². The molecule has 6 heteroatoms. The molecule has 0 radical (unpaired) electrons. The van der Waals surface area contributed by atoms with Gasteiger partial charge in [-0.3, -0.25) is 9.59 Å². The number of benzene rings is 1. The van der Waals surface area contributed by atoms with Crippen LogP contribution in [-0.4, -0.2) is 41.2 Å². The lowest BCUT2D eigenvalue weighted by molar-refractivity contribution is 0.0568. The van der Waals surface area contributed by atoms with Crippen LogP contribution in [0.3, 0.4) is 0 Å². The van der Waals surface area contributed by atoms with Crippen molar-refractivity contribution in [3.05, 3.63) is 64.1 Å². The van der Waals surface area contributed by atoms with Gasteiger partial charge in [0.2, 0.25) is 5.43 Å². The molecule has 0 saturated carbocycles. The Balaban J connectivity index is 1.75. The van der Waals surface area contributed by atoms with E-state index in [9.17, 15) is 9.59 Å². The van der Waals surface area contributed by atoms with Crippen molar-refractivity contribution >= 4 is 5.91 Å². The van der Waals surface area contributed by atoms with E-state index in [2.05, 4.69) is 0 Å². The van der Waals surface area contributed by atoms with Crippen molar-refractivity contribution < 1.29 is 14.3 Å². The quantitative estimate of drug-likeness (QED) is 0.852. The predicted octanol–water partition coefficient (Wildman–Crippen LogP) is 1.84. The molecule has 0 aliphatic carbocycles. The van der Waals surface area contributed by atoms with Gasteiger partial charge in [-0.25, -0.2) is 0 Å². The number of aromatic nitrogens is 1. The fourth-order valence-corrected chi connectivity index (χ4v) is 3.65. The van der Waals surface area contributed by atoms with Crippen molar-refractivity contribution in [3.63, 3.8) is 0 Å². The van der Waals surface area contributed by atoms with Gasteiger partial charge in [-0.05, 0) is 12.5 Å². The summed E-state index contributed by atoms with van der Waals surface area (Å²) in [6.07, 6.45) is 1.68. The molecule has 4 rings (SSSR count). The number of carbonyl (C=O) groups excluding carboxylic acids is 1. The second-order valence-electron chi connectivity index (χ2n) is 6.30. The van der Waals surface area contributed by atoms with E-state index in [-0.39, 0.29) is 35.8 Å². The summed E-state index contributed by atoms with van der Waals surface area (Å²) < 4.78 is 13.3. The molecule has 0 N–H and O–H groups in total. The minimum atomic E-state index is -0.274. The standard InChI is InChI=1S/C19H20N2O4/c1-2-20-14-11-24-12-15(14)21-9-8-16(22)18(17(21)19(20)23)25-10-13-6-4-3-5-7-13/h3-9,14-15H,2,10-12H2,1H3. The van der Waals surface area contributed by atoms with Crippen LogP contribution in [0, 0.1) is 0 Å². The summed E-state index contributed by atoms with van der Waals surface area (Å²) >= 11 is 0. The summed E-state index contributed by atoms with van der Waals surface area (Å²) in [6.45, 7) is 3.81. The van der Waals surface area contributed by atoms with Crippen LogP contribution in [0.1, 0.15) is 29.0 Å². The van der Waals surface area contributed by atoms with Gasteiger partial charge >= 0.3 is 0 Å². The smallest absolute Gasteiger partial charge is 0.274 e. The Morgan fingerprint density at radius 3 is 2.64 bits per heavy atom. The molecule has 1 fully saturated rings. The highest BCUT2D eigenvalue weighted by molar-refractivity contribution is 5.96. The van der Waals surface area contributed by atoms with Gasteiger partial charge in [0, 0.05) is 18.8 Å². The number of hydrogen-bond acceptors (Lipinski definition) is 4. The van der Waals surface area contributed by atoms with Gasteiger partial charge in [0.15, 0.2) is 11.4 Å². The van der Waals surface area contributed by atoms with Gasteiger partial charge in [-0.2, -0.15) is 0 Å². The van der Waals surface area contributed by atoms with Crippen LogP contribution in [0.25, 0.3) is 0 Å². The van der Waals surface area contributed by atoms with Crippen LogP contribution in [0.2, 0.25) is 0 Å². The number of fused-ring (bicyclic) bond motifs is 3. The van der Waals surface area contributed by atoms with Gasteiger partial charge in [0.25, 0.3) is 5.91 Å². The summed E-state index contributed by atoms with van der Waals surface area (Å²) in [5, 5.41) is 0. The molecule has 2 aliphatic heterocycles. The minimum Gasteiger partial charge on any atom is -0.483 e. The van der Waals surface area contributed by atoms with E-state index in [1.165, 1.54) is 6.07 Å². The fraction of sp³-hybridized carbons (Fsp3) is 0.368. The first-order chi connectivity index (χ1) is 12.2. The fourth-order valence-electron chi connectivity index (χ4n) is 3.65. The van der Waals surface area contributed by atoms with Crippen LogP contribution in [0.4, 0.5) is 0 Å². The Morgan fingerprint density at radius 1 is 1.12 bits per heavy atom. The Morgan fingerprint density at radius 2 is 1.88 bits per heavy atom. The molecule has 3 heterocycles. The third-order valence-corrected chi connectivity index (χ3v) is 4.89. The van der Waals surface area contributed by atoms with Gasteiger partial charge in [-0.1, -0.05) is 30.3 Å². The summed E-state index contributed by atoms with van der Waals surface area (Å²) in [7, 11) is 0.